The highest BCUT2D eigenvalue weighted by atomic mass is 16.5. The number of ether oxygens (including phenoxy) is 1. The summed E-state index contributed by atoms with van der Waals surface area (Å²) in [6.45, 7) is 7.11. The quantitative estimate of drug-likeness (QED) is 0.231. The summed E-state index contributed by atoms with van der Waals surface area (Å²) in [5.74, 6) is -0.0256. The summed E-state index contributed by atoms with van der Waals surface area (Å²) >= 11 is 0. The summed E-state index contributed by atoms with van der Waals surface area (Å²) < 4.78 is 5.29. The topological polar surface area (TPSA) is 38.3 Å². The summed E-state index contributed by atoms with van der Waals surface area (Å²) in [5, 5.41) is 3.42. The Morgan fingerprint density at radius 2 is 1.17 bits per heavy atom. The van der Waals surface area contributed by atoms with Crippen molar-refractivity contribution < 1.29 is 9.53 Å². The van der Waals surface area contributed by atoms with Gasteiger partial charge in [0.05, 0.1) is 6.61 Å². The van der Waals surface area contributed by atoms with Gasteiger partial charge in [0.2, 0.25) is 0 Å². The normalized spacial score (nSPS) is 10.9. The van der Waals surface area contributed by atoms with Gasteiger partial charge >= 0.3 is 5.97 Å². The van der Waals surface area contributed by atoms with E-state index in [1.807, 2.05) is 0 Å². The van der Waals surface area contributed by atoms with Gasteiger partial charge in [0.15, 0.2) is 0 Å². The van der Waals surface area contributed by atoms with Gasteiger partial charge in [-0.15, -0.1) is 0 Å². The molecule has 144 valence electrons. The van der Waals surface area contributed by atoms with Gasteiger partial charge in [-0.25, -0.2) is 0 Å². The van der Waals surface area contributed by atoms with Gasteiger partial charge < -0.3 is 10.1 Å². The number of carbonyl (C=O) groups excluding carboxylic acids is 1. The second-order valence-electron chi connectivity index (χ2n) is 6.96. The summed E-state index contributed by atoms with van der Waals surface area (Å²) in [6, 6.07) is 0. The lowest BCUT2D eigenvalue weighted by Crippen LogP contribution is -2.18. The van der Waals surface area contributed by atoms with E-state index in [1.165, 1.54) is 77.0 Å². The lowest BCUT2D eigenvalue weighted by Gasteiger charge is -2.06. The van der Waals surface area contributed by atoms with Crippen LogP contribution in [0.2, 0.25) is 0 Å². The first kappa shape index (κ1) is 23.4. The number of hydrogen-bond acceptors (Lipinski definition) is 3. The average molecular weight is 342 g/mol. The van der Waals surface area contributed by atoms with E-state index in [4.69, 9.17) is 4.74 Å². The van der Waals surface area contributed by atoms with Crippen LogP contribution in [0.5, 0.6) is 0 Å². The maximum Gasteiger partial charge on any atom is 0.305 e. The second kappa shape index (κ2) is 20.5. The van der Waals surface area contributed by atoms with Crippen LogP contribution in [0.1, 0.15) is 110 Å². The van der Waals surface area contributed by atoms with E-state index < -0.39 is 0 Å². The summed E-state index contributed by atoms with van der Waals surface area (Å²) in [6.07, 6.45) is 18.3. The van der Waals surface area contributed by atoms with Crippen molar-refractivity contribution in [2.75, 3.05) is 19.7 Å². The number of rotatable bonds is 19. The fraction of sp³-hybridized carbons (Fsp3) is 0.952. The minimum atomic E-state index is -0.0256. The zero-order chi connectivity index (χ0) is 17.7. The molecule has 0 heterocycles. The van der Waals surface area contributed by atoms with Gasteiger partial charge in [-0.3, -0.25) is 4.79 Å². The van der Waals surface area contributed by atoms with Crippen molar-refractivity contribution >= 4 is 5.97 Å². The molecule has 0 aromatic carbocycles. The molecule has 0 atom stereocenters. The zero-order valence-electron chi connectivity index (χ0n) is 16.5. The Kier molecular flexibility index (Phi) is 20.0. The Bertz CT molecular complexity index is 256. The van der Waals surface area contributed by atoms with Gasteiger partial charge in [0.1, 0.15) is 0 Å². The summed E-state index contributed by atoms with van der Waals surface area (Å²) in [4.78, 5) is 11.6. The van der Waals surface area contributed by atoms with Crippen LogP contribution >= 0.6 is 0 Å². The SMILES string of the molecule is CCCCCCCCCOC(=O)CCCNCCCCCCCC. The molecule has 0 aliphatic carbocycles. The lowest BCUT2D eigenvalue weighted by molar-refractivity contribution is -0.143. The van der Waals surface area contributed by atoms with Crippen LogP contribution in [-0.2, 0) is 9.53 Å². The third-order valence-electron chi connectivity index (χ3n) is 4.45. The van der Waals surface area contributed by atoms with Crippen LogP contribution in [0.15, 0.2) is 0 Å². The monoisotopic (exact) mass is 341 g/mol. The van der Waals surface area contributed by atoms with Crippen molar-refractivity contribution in [2.45, 2.75) is 110 Å². The minimum absolute atomic E-state index is 0.0256. The molecule has 0 fully saturated rings. The average Bonchev–Trinajstić information content (AvgIpc) is 2.59. The van der Waals surface area contributed by atoms with Crippen molar-refractivity contribution in [1.82, 2.24) is 5.32 Å². The van der Waals surface area contributed by atoms with Gasteiger partial charge in [0.25, 0.3) is 0 Å². The first-order valence-corrected chi connectivity index (χ1v) is 10.7. The summed E-state index contributed by atoms with van der Waals surface area (Å²) in [5.41, 5.74) is 0. The fourth-order valence-electron chi connectivity index (χ4n) is 2.83. The van der Waals surface area contributed by atoms with E-state index in [1.54, 1.807) is 0 Å². The number of nitrogens with one attached hydrogen (secondary N) is 1. The molecule has 0 saturated heterocycles. The first-order valence-electron chi connectivity index (χ1n) is 10.7. The molecule has 3 nitrogen and oxygen atoms in total. The maximum absolute atomic E-state index is 11.6. The number of esters is 1. The van der Waals surface area contributed by atoms with Crippen LogP contribution in [-0.4, -0.2) is 25.7 Å². The van der Waals surface area contributed by atoms with E-state index in [-0.39, 0.29) is 5.97 Å². The molecule has 0 unspecified atom stereocenters. The lowest BCUT2D eigenvalue weighted by atomic mass is 10.1. The number of unbranched alkanes of at least 4 members (excludes halogenated alkanes) is 11. The predicted octanol–water partition coefficient (Wildman–Crippen LogP) is 6.01. The molecule has 0 aliphatic heterocycles. The molecule has 0 aromatic heterocycles. The highest BCUT2D eigenvalue weighted by Crippen LogP contribution is 2.07. The van der Waals surface area contributed by atoms with E-state index in [2.05, 4.69) is 19.2 Å². The third-order valence-corrected chi connectivity index (χ3v) is 4.45. The summed E-state index contributed by atoms with van der Waals surface area (Å²) in [7, 11) is 0. The number of carbonyl (C=O) groups is 1. The molecule has 0 amide bonds. The standard InChI is InChI=1S/C21H43NO2/c1-3-5-7-9-11-13-15-20-24-21(23)17-16-19-22-18-14-12-10-8-6-4-2/h22H,3-20H2,1-2H3. The Balaban J connectivity index is 3.13. The second-order valence-corrected chi connectivity index (χ2v) is 6.96. The molecule has 0 aromatic rings. The minimum Gasteiger partial charge on any atom is -0.466 e. The van der Waals surface area contributed by atoms with Crippen LogP contribution in [0.3, 0.4) is 0 Å². The van der Waals surface area contributed by atoms with Crippen molar-refractivity contribution in [3.63, 3.8) is 0 Å². The Morgan fingerprint density at radius 3 is 1.79 bits per heavy atom. The van der Waals surface area contributed by atoms with E-state index in [0.29, 0.717) is 13.0 Å². The molecular formula is C21H43NO2. The van der Waals surface area contributed by atoms with Gasteiger partial charge in [-0.2, -0.15) is 0 Å². The van der Waals surface area contributed by atoms with Crippen LogP contribution in [0.4, 0.5) is 0 Å². The van der Waals surface area contributed by atoms with Gasteiger partial charge in [-0.05, 0) is 32.4 Å². The maximum atomic E-state index is 11.6. The van der Waals surface area contributed by atoms with Crippen LogP contribution in [0, 0.1) is 0 Å². The first-order chi connectivity index (χ1) is 11.8. The molecule has 24 heavy (non-hydrogen) atoms. The molecule has 0 radical (unpaired) electrons. The molecule has 0 spiro atoms. The smallest absolute Gasteiger partial charge is 0.305 e. The van der Waals surface area contributed by atoms with Crippen molar-refractivity contribution in [3.8, 4) is 0 Å². The Labute approximate surface area is 151 Å². The van der Waals surface area contributed by atoms with Crippen LogP contribution < -0.4 is 5.32 Å². The zero-order valence-corrected chi connectivity index (χ0v) is 16.5. The highest BCUT2D eigenvalue weighted by Gasteiger charge is 2.02. The highest BCUT2D eigenvalue weighted by molar-refractivity contribution is 5.69. The molecule has 0 bridgehead atoms. The largest absolute Gasteiger partial charge is 0.466 e. The van der Waals surface area contributed by atoms with E-state index in [9.17, 15) is 4.79 Å². The molecule has 0 saturated carbocycles. The van der Waals surface area contributed by atoms with Crippen molar-refractivity contribution in [3.05, 3.63) is 0 Å². The predicted molar refractivity (Wildman–Crippen MR) is 104 cm³/mol. The number of hydrogen-bond donors (Lipinski definition) is 1. The fourth-order valence-corrected chi connectivity index (χ4v) is 2.83. The Hall–Kier alpha value is -0.570. The molecule has 0 rings (SSSR count). The molecule has 0 aliphatic rings. The van der Waals surface area contributed by atoms with E-state index in [0.717, 1.165) is 25.9 Å². The van der Waals surface area contributed by atoms with Crippen molar-refractivity contribution in [1.29, 1.82) is 0 Å². The van der Waals surface area contributed by atoms with Gasteiger partial charge in [-0.1, -0.05) is 84.5 Å². The Morgan fingerprint density at radius 1 is 0.667 bits per heavy atom. The van der Waals surface area contributed by atoms with Crippen LogP contribution in [0.25, 0.3) is 0 Å². The molecular weight excluding hydrogens is 298 g/mol. The molecule has 3 heteroatoms. The third kappa shape index (κ3) is 19.5. The molecule has 1 N–H and O–H groups in total. The van der Waals surface area contributed by atoms with Gasteiger partial charge in [0, 0.05) is 6.42 Å². The van der Waals surface area contributed by atoms with Crippen molar-refractivity contribution in [2.24, 2.45) is 0 Å². The van der Waals surface area contributed by atoms with E-state index >= 15 is 0 Å².